The predicted molar refractivity (Wildman–Crippen MR) is 151 cm³/mol. The molecule has 4 aromatic heterocycles. The van der Waals surface area contributed by atoms with Crippen molar-refractivity contribution in [3.8, 4) is 16.9 Å². The van der Waals surface area contributed by atoms with Crippen LogP contribution in [0.25, 0.3) is 21.3 Å². The molecule has 0 radical (unpaired) electrons. The van der Waals surface area contributed by atoms with E-state index >= 15 is 0 Å². The molecule has 0 saturated carbocycles. The first-order valence-corrected chi connectivity index (χ1v) is 13.5. The fourth-order valence-electron chi connectivity index (χ4n) is 4.51. The number of aromatic nitrogens is 5. The average molecular weight is 580 g/mol. The number of benzene rings is 1. The number of anilines is 1. The van der Waals surface area contributed by atoms with Gasteiger partial charge in [0.2, 0.25) is 0 Å². The van der Waals surface area contributed by atoms with E-state index in [4.69, 9.17) is 10.5 Å². The molecule has 0 aliphatic heterocycles. The zero-order valence-electron chi connectivity index (χ0n) is 22.7. The number of halogens is 2. The number of primary amides is 1. The molecule has 2 amide bonds. The highest BCUT2D eigenvalue weighted by molar-refractivity contribution is 7.21. The normalized spacial score (nSPS) is 11.4. The molecule has 10 nitrogen and oxygen atoms in total. The fourth-order valence-corrected chi connectivity index (χ4v) is 5.52. The Morgan fingerprint density at radius 2 is 1.88 bits per heavy atom. The van der Waals surface area contributed by atoms with Crippen molar-refractivity contribution < 1.29 is 23.1 Å². The largest absolute Gasteiger partial charge is 0.471 e. The van der Waals surface area contributed by atoms with Gasteiger partial charge >= 0.3 is 0 Å². The molecule has 3 N–H and O–H groups in total. The number of nitrogens with zero attached hydrogens (tertiary/aromatic N) is 5. The third kappa shape index (κ3) is 5.53. The minimum atomic E-state index is -2.85. The quantitative estimate of drug-likeness (QED) is 0.233. The van der Waals surface area contributed by atoms with Gasteiger partial charge in [-0.2, -0.15) is 10.2 Å². The Labute approximate surface area is 237 Å². The zero-order chi connectivity index (χ0) is 29.4. The molecule has 0 unspecified atom stereocenters. The summed E-state index contributed by atoms with van der Waals surface area (Å²) in [6.07, 6.45) is 0.458. The molecule has 0 fully saturated rings. The van der Waals surface area contributed by atoms with E-state index in [1.165, 1.54) is 16.8 Å². The molecule has 0 aliphatic carbocycles. The van der Waals surface area contributed by atoms with Crippen molar-refractivity contribution in [2.45, 2.75) is 47.4 Å². The Bertz CT molecular complexity index is 1790. The number of aryl methyl sites for hydroxylation is 4. The Morgan fingerprint density at radius 1 is 1.10 bits per heavy atom. The first-order valence-electron chi connectivity index (χ1n) is 12.7. The summed E-state index contributed by atoms with van der Waals surface area (Å²) in [5, 5.41) is 11.8. The highest BCUT2D eigenvalue weighted by atomic mass is 32.1. The van der Waals surface area contributed by atoms with Gasteiger partial charge in [0.15, 0.2) is 12.4 Å². The van der Waals surface area contributed by atoms with E-state index in [2.05, 4.69) is 20.5 Å². The smallest absolute Gasteiger partial charge is 0.280 e. The SMILES string of the molecule is CCn1cc(-c2cc(C(F)F)nc3sc(C(N)=O)c(NC(=O)c4ccn(COc5ccc(C)cc5C)n4)c23)c(C)n1. The second kappa shape index (κ2) is 11.1. The van der Waals surface area contributed by atoms with E-state index in [1.54, 1.807) is 24.0 Å². The van der Waals surface area contributed by atoms with Crippen LogP contribution in [0.5, 0.6) is 5.75 Å². The summed E-state index contributed by atoms with van der Waals surface area (Å²) in [4.78, 5) is 29.9. The van der Waals surface area contributed by atoms with E-state index in [0.29, 0.717) is 34.5 Å². The summed E-state index contributed by atoms with van der Waals surface area (Å²) in [5.41, 5.74) is 8.91. The second-order valence-electron chi connectivity index (χ2n) is 9.47. The monoisotopic (exact) mass is 579 g/mol. The van der Waals surface area contributed by atoms with Crippen molar-refractivity contribution in [1.82, 2.24) is 24.5 Å². The third-order valence-electron chi connectivity index (χ3n) is 6.48. The zero-order valence-corrected chi connectivity index (χ0v) is 23.6. The van der Waals surface area contributed by atoms with Crippen LogP contribution in [-0.2, 0) is 13.3 Å². The van der Waals surface area contributed by atoms with Crippen LogP contribution in [0.2, 0.25) is 0 Å². The summed E-state index contributed by atoms with van der Waals surface area (Å²) < 4.78 is 36.6. The molecule has 0 saturated heterocycles. The minimum Gasteiger partial charge on any atom is -0.471 e. The lowest BCUT2D eigenvalue weighted by molar-refractivity contribution is 0.100. The van der Waals surface area contributed by atoms with Gasteiger partial charge in [-0.1, -0.05) is 17.7 Å². The number of alkyl halides is 2. The molecule has 4 heterocycles. The minimum absolute atomic E-state index is 0.0216. The molecule has 0 bridgehead atoms. The van der Waals surface area contributed by atoms with Crippen molar-refractivity contribution in [2.24, 2.45) is 5.73 Å². The molecular weight excluding hydrogens is 552 g/mol. The first-order chi connectivity index (χ1) is 19.5. The van der Waals surface area contributed by atoms with Crippen LogP contribution in [0.15, 0.2) is 42.7 Å². The number of thiophene rings is 1. The number of rotatable bonds is 9. The van der Waals surface area contributed by atoms with E-state index in [-0.39, 0.29) is 27.8 Å². The van der Waals surface area contributed by atoms with Crippen LogP contribution in [0, 0.1) is 20.8 Å². The molecule has 5 rings (SSSR count). The van der Waals surface area contributed by atoms with Crippen LogP contribution in [0.1, 0.15) is 56.0 Å². The number of amides is 2. The van der Waals surface area contributed by atoms with Crippen LogP contribution in [0.4, 0.5) is 14.5 Å². The third-order valence-corrected chi connectivity index (χ3v) is 7.58. The fraction of sp³-hybridized carbons (Fsp3) is 0.250. The van der Waals surface area contributed by atoms with Gasteiger partial charge in [-0.3, -0.25) is 14.3 Å². The van der Waals surface area contributed by atoms with Crippen LogP contribution < -0.4 is 15.8 Å². The van der Waals surface area contributed by atoms with E-state index in [0.717, 1.165) is 22.5 Å². The summed E-state index contributed by atoms with van der Waals surface area (Å²) in [6.45, 7) is 8.21. The van der Waals surface area contributed by atoms with E-state index < -0.39 is 23.9 Å². The maximum absolute atomic E-state index is 13.8. The Kier molecular flexibility index (Phi) is 7.54. The number of carbonyl (C=O) groups is 2. The highest BCUT2D eigenvalue weighted by Crippen LogP contribution is 2.43. The number of nitrogens with two attached hydrogens (primary N) is 1. The van der Waals surface area contributed by atoms with Crippen LogP contribution >= 0.6 is 11.3 Å². The summed E-state index contributed by atoms with van der Waals surface area (Å²) in [7, 11) is 0. The lowest BCUT2D eigenvalue weighted by Gasteiger charge is -2.10. The van der Waals surface area contributed by atoms with Gasteiger partial charge in [0.05, 0.1) is 11.4 Å². The van der Waals surface area contributed by atoms with Gasteiger partial charge in [0.1, 0.15) is 21.2 Å². The Hall–Kier alpha value is -4.65. The van der Waals surface area contributed by atoms with Crippen molar-refractivity contribution >= 4 is 39.1 Å². The topological polar surface area (TPSA) is 130 Å². The molecule has 5 aromatic rings. The summed E-state index contributed by atoms with van der Waals surface area (Å²) in [6, 6.07) is 8.56. The standard InChI is InChI=1S/C28H27F2N7O3S/c1-5-36-12-18(16(4)34-36)17-11-20(25(29)30)32-28-22(17)23(24(41-28)26(31)38)33-27(39)19-8-9-37(35-19)13-40-21-7-6-14(2)10-15(21)3/h6-12,25H,5,13H2,1-4H3,(H2,31,38)(H,33,39). The first kappa shape index (κ1) is 27.9. The number of hydrogen-bond donors (Lipinski definition) is 2. The number of ether oxygens (including phenoxy) is 1. The number of fused-ring (bicyclic) bond motifs is 1. The summed E-state index contributed by atoms with van der Waals surface area (Å²) in [5.74, 6) is -0.763. The maximum Gasteiger partial charge on any atom is 0.280 e. The van der Waals surface area contributed by atoms with Crippen molar-refractivity contribution in [3.05, 3.63) is 75.8 Å². The van der Waals surface area contributed by atoms with Gasteiger partial charge in [0.25, 0.3) is 18.2 Å². The molecule has 13 heteroatoms. The van der Waals surface area contributed by atoms with Crippen molar-refractivity contribution in [3.63, 3.8) is 0 Å². The lowest BCUT2D eigenvalue weighted by atomic mass is 10.0. The van der Waals surface area contributed by atoms with Gasteiger partial charge < -0.3 is 15.8 Å². The van der Waals surface area contributed by atoms with E-state index in [1.807, 2.05) is 39.0 Å². The molecule has 41 heavy (non-hydrogen) atoms. The van der Waals surface area contributed by atoms with Gasteiger partial charge in [0, 0.05) is 29.9 Å². The lowest BCUT2D eigenvalue weighted by Crippen LogP contribution is -2.18. The van der Waals surface area contributed by atoms with Crippen molar-refractivity contribution in [1.29, 1.82) is 0 Å². The van der Waals surface area contributed by atoms with Gasteiger partial charge in [-0.25, -0.2) is 18.4 Å². The number of pyridine rings is 1. The molecule has 0 atom stereocenters. The number of nitrogens with one attached hydrogen (secondary N) is 1. The Morgan fingerprint density at radius 3 is 2.54 bits per heavy atom. The van der Waals surface area contributed by atoms with Crippen LogP contribution in [-0.4, -0.2) is 36.4 Å². The number of carbonyl (C=O) groups excluding carboxylic acids is 2. The molecule has 1 aromatic carbocycles. The van der Waals surface area contributed by atoms with Crippen LogP contribution in [0.3, 0.4) is 0 Å². The predicted octanol–water partition coefficient (Wildman–Crippen LogP) is 5.63. The average Bonchev–Trinajstić information content (AvgIpc) is 3.65. The Balaban J connectivity index is 1.51. The molecular formula is C28H27F2N7O3S. The van der Waals surface area contributed by atoms with Gasteiger partial charge in [-0.05, 0) is 57.0 Å². The molecule has 0 spiro atoms. The second-order valence-corrected chi connectivity index (χ2v) is 10.5. The van der Waals surface area contributed by atoms with Gasteiger partial charge in [-0.15, -0.1) is 11.3 Å². The molecule has 212 valence electrons. The van der Waals surface area contributed by atoms with E-state index in [9.17, 15) is 18.4 Å². The maximum atomic E-state index is 13.8. The molecule has 0 aliphatic rings. The number of hydrogen-bond acceptors (Lipinski definition) is 7. The van der Waals surface area contributed by atoms with Crippen molar-refractivity contribution in [2.75, 3.05) is 5.32 Å². The highest BCUT2D eigenvalue weighted by Gasteiger charge is 2.27. The summed E-state index contributed by atoms with van der Waals surface area (Å²) >= 11 is 0.835.